The molecule has 17 heavy (non-hydrogen) atoms. The van der Waals surface area contributed by atoms with Crippen LogP contribution in [0.25, 0.3) is 0 Å². The van der Waals surface area contributed by atoms with Gasteiger partial charge in [0.05, 0.1) is 10.7 Å². The number of halogens is 1. The van der Waals surface area contributed by atoms with Crippen LogP contribution >= 0.6 is 11.6 Å². The third-order valence-corrected chi connectivity index (χ3v) is 3.85. The highest BCUT2D eigenvalue weighted by Crippen LogP contribution is 2.36. The minimum atomic E-state index is 0.345. The van der Waals surface area contributed by atoms with Crippen LogP contribution in [-0.2, 0) is 0 Å². The van der Waals surface area contributed by atoms with Crippen LogP contribution in [0.4, 0.5) is 5.69 Å². The zero-order valence-electron chi connectivity index (χ0n) is 10.8. The van der Waals surface area contributed by atoms with E-state index in [1.807, 2.05) is 7.05 Å². The second kappa shape index (κ2) is 5.28. The molecular formula is C14H21ClN2. The minimum absolute atomic E-state index is 0.345. The van der Waals surface area contributed by atoms with Gasteiger partial charge in [0.2, 0.25) is 0 Å². The number of rotatable bonds is 5. The zero-order chi connectivity index (χ0) is 12.4. The smallest absolute Gasteiger partial charge is 0.0642 e. The fraction of sp³-hybridized carbons (Fsp3) is 0.571. The van der Waals surface area contributed by atoms with Gasteiger partial charge in [-0.1, -0.05) is 17.7 Å². The minimum Gasteiger partial charge on any atom is -0.368 e. The van der Waals surface area contributed by atoms with Gasteiger partial charge in [-0.05, 0) is 51.4 Å². The van der Waals surface area contributed by atoms with Gasteiger partial charge in [-0.3, -0.25) is 0 Å². The number of nitrogens with zero attached hydrogens (tertiary/aromatic N) is 1. The van der Waals surface area contributed by atoms with Crippen LogP contribution in [-0.4, -0.2) is 19.6 Å². The van der Waals surface area contributed by atoms with Crippen molar-refractivity contribution in [2.24, 2.45) is 0 Å². The predicted molar refractivity (Wildman–Crippen MR) is 75.0 cm³/mol. The molecule has 1 aromatic rings. The molecule has 3 heteroatoms. The molecule has 0 spiro atoms. The maximum absolute atomic E-state index is 6.41. The molecule has 0 heterocycles. The van der Waals surface area contributed by atoms with Crippen molar-refractivity contribution < 1.29 is 0 Å². The second-order valence-corrected chi connectivity index (χ2v) is 5.15. The molecule has 1 saturated carbocycles. The first-order chi connectivity index (χ1) is 8.17. The number of nitrogens with one attached hydrogen (secondary N) is 1. The van der Waals surface area contributed by atoms with Gasteiger partial charge in [0, 0.05) is 18.6 Å². The summed E-state index contributed by atoms with van der Waals surface area (Å²) in [6, 6.07) is 7.48. The third kappa shape index (κ3) is 2.75. The summed E-state index contributed by atoms with van der Waals surface area (Å²) >= 11 is 6.41. The molecule has 2 rings (SSSR count). The Hall–Kier alpha value is -0.730. The Labute approximate surface area is 109 Å². The molecule has 2 nitrogen and oxygen atoms in total. The topological polar surface area (TPSA) is 15.3 Å². The SMILES string of the molecule is CCN(c1ccc(C(C)NC)cc1Cl)C1CC1. The van der Waals surface area contributed by atoms with E-state index in [1.165, 1.54) is 24.1 Å². The fourth-order valence-corrected chi connectivity index (χ4v) is 2.50. The summed E-state index contributed by atoms with van der Waals surface area (Å²) < 4.78 is 0. The van der Waals surface area contributed by atoms with E-state index in [2.05, 4.69) is 42.3 Å². The number of anilines is 1. The van der Waals surface area contributed by atoms with Crippen molar-refractivity contribution in [2.75, 3.05) is 18.5 Å². The Morgan fingerprint density at radius 3 is 2.65 bits per heavy atom. The van der Waals surface area contributed by atoms with E-state index < -0.39 is 0 Å². The molecular weight excluding hydrogens is 232 g/mol. The quantitative estimate of drug-likeness (QED) is 0.861. The Morgan fingerprint density at radius 2 is 2.18 bits per heavy atom. The summed E-state index contributed by atoms with van der Waals surface area (Å²) in [6.45, 7) is 5.37. The summed E-state index contributed by atoms with van der Waals surface area (Å²) in [5, 5.41) is 4.11. The van der Waals surface area contributed by atoms with Crippen molar-refractivity contribution in [3.05, 3.63) is 28.8 Å². The molecule has 1 aromatic carbocycles. The highest BCUT2D eigenvalue weighted by molar-refractivity contribution is 6.33. The maximum atomic E-state index is 6.41. The normalized spacial score (nSPS) is 16.9. The number of hydrogen-bond acceptors (Lipinski definition) is 2. The van der Waals surface area contributed by atoms with Gasteiger partial charge in [0.1, 0.15) is 0 Å². The lowest BCUT2D eigenvalue weighted by Crippen LogP contribution is -2.25. The van der Waals surface area contributed by atoms with Crippen molar-refractivity contribution in [3.8, 4) is 0 Å². The van der Waals surface area contributed by atoms with Crippen LogP contribution in [0.1, 0.15) is 38.3 Å². The molecule has 1 N–H and O–H groups in total. The van der Waals surface area contributed by atoms with Crippen molar-refractivity contribution >= 4 is 17.3 Å². The maximum Gasteiger partial charge on any atom is 0.0642 e. The van der Waals surface area contributed by atoms with Gasteiger partial charge in [0.15, 0.2) is 0 Å². The molecule has 1 aliphatic rings. The summed E-state index contributed by atoms with van der Waals surface area (Å²) in [5.41, 5.74) is 2.43. The zero-order valence-corrected chi connectivity index (χ0v) is 11.6. The van der Waals surface area contributed by atoms with Gasteiger partial charge in [-0.2, -0.15) is 0 Å². The molecule has 1 unspecified atom stereocenters. The van der Waals surface area contributed by atoms with Gasteiger partial charge in [-0.25, -0.2) is 0 Å². The largest absolute Gasteiger partial charge is 0.368 e. The molecule has 94 valence electrons. The molecule has 1 atom stereocenters. The average Bonchev–Trinajstić information content (AvgIpc) is 3.15. The Kier molecular flexibility index (Phi) is 3.95. The number of hydrogen-bond donors (Lipinski definition) is 1. The van der Waals surface area contributed by atoms with E-state index in [0.29, 0.717) is 12.1 Å². The molecule has 0 saturated heterocycles. The first kappa shape index (κ1) is 12.7. The van der Waals surface area contributed by atoms with E-state index >= 15 is 0 Å². The molecule has 1 fully saturated rings. The second-order valence-electron chi connectivity index (χ2n) is 4.74. The molecule has 0 radical (unpaired) electrons. The summed E-state index contributed by atoms with van der Waals surface area (Å²) in [7, 11) is 1.97. The standard InChI is InChI=1S/C14H21ClN2/c1-4-17(12-6-7-12)14-8-5-11(9-13(14)15)10(2)16-3/h5,8-10,12,16H,4,6-7H2,1-3H3. The lowest BCUT2D eigenvalue weighted by molar-refractivity contribution is 0.652. The van der Waals surface area contributed by atoms with Gasteiger partial charge in [0.25, 0.3) is 0 Å². The summed E-state index contributed by atoms with van der Waals surface area (Å²) in [4.78, 5) is 2.41. The van der Waals surface area contributed by atoms with Crippen LogP contribution in [0.15, 0.2) is 18.2 Å². The fourth-order valence-electron chi connectivity index (χ4n) is 2.20. The average molecular weight is 253 g/mol. The van der Waals surface area contributed by atoms with Gasteiger partial charge in [-0.15, -0.1) is 0 Å². The van der Waals surface area contributed by atoms with Gasteiger partial charge >= 0.3 is 0 Å². The van der Waals surface area contributed by atoms with E-state index in [0.717, 1.165) is 11.6 Å². The van der Waals surface area contributed by atoms with Gasteiger partial charge < -0.3 is 10.2 Å². The molecule has 0 bridgehead atoms. The lowest BCUT2D eigenvalue weighted by atomic mass is 10.1. The van der Waals surface area contributed by atoms with Crippen molar-refractivity contribution in [1.82, 2.24) is 5.32 Å². The van der Waals surface area contributed by atoms with Crippen LogP contribution in [0.3, 0.4) is 0 Å². The van der Waals surface area contributed by atoms with E-state index in [9.17, 15) is 0 Å². The predicted octanol–water partition coefficient (Wildman–Crippen LogP) is 3.61. The lowest BCUT2D eigenvalue weighted by Gasteiger charge is -2.25. The number of benzene rings is 1. The van der Waals surface area contributed by atoms with E-state index in [4.69, 9.17) is 11.6 Å². The Morgan fingerprint density at radius 1 is 1.47 bits per heavy atom. The van der Waals surface area contributed by atoms with E-state index in [1.54, 1.807) is 0 Å². The van der Waals surface area contributed by atoms with Crippen LogP contribution in [0, 0.1) is 0 Å². The summed E-state index contributed by atoms with van der Waals surface area (Å²) in [5.74, 6) is 0. The Balaban J connectivity index is 2.24. The molecule has 0 amide bonds. The highest BCUT2D eigenvalue weighted by Gasteiger charge is 2.29. The first-order valence-electron chi connectivity index (χ1n) is 6.40. The molecule has 1 aliphatic carbocycles. The van der Waals surface area contributed by atoms with Crippen molar-refractivity contribution in [1.29, 1.82) is 0 Å². The highest BCUT2D eigenvalue weighted by atomic mass is 35.5. The van der Waals surface area contributed by atoms with Crippen molar-refractivity contribution in [2.45, 2.75) is 38.8 Å². The van der Waals surface area contributed by atoms with Crippen LogP contribution in [0.2, 0.25) is 5.02 Å². The van der Waals surface area contributed by atoms with Crippen LogP contribution in [0.5, 0.6) is 0 Å². The Bertz CT molecular complexity index is 388. The first-order valence-corrected chi connectivity index (χ1v) is 6.78. The molecule has 0 aliphatic heterocycles. The summed E-state index contributed by atoms with van der Waals surface area (Å²) in [6.07, 6.45) is 2.61. The van der Waals surface area contributed by atoms with Crippen LogP contribution < -0.4 is 10.2 Å². The van der Waals surface area contributed by atoms with E-state index in [-0.39, 0.29) is 0 Å². The molecule has 0 aromatic heterocycles. The third-order valence-electron chi connectivity index (χ3n) is 3.54. The van der Waals surface area contributed by atoms with Crippen molar-refractivity contribution in [3.63, 3.8) is 0 Å². The monoisotopic (exact) mass is 252 g/mol.